The van der Waals surface area contributed by atoms with Crippen molar-refractivity contribution in [1.82, 2.24) is 0 Å². The summed E-state index contributed by atoms with van der Waals surface area (Å²) in [6, 6.07) is 6.56. The zero-order chi connectivity index (χ0) is 22.7. The highest BCUT2D eigenvalue weighted by atomic mass is 14.0. The zero-order valence-corrected chi connectivity index (χ0v) is 20.8. The van der Waals surface area contributed by atoms with Crippen molar-refractivity contribution in [2.75, 3.05) is 0 Å². The van der Waals surface area contributed by atoms with Gasteiger partial charge in [-0.3, -0.25) is 0 Å². The SMILES string of the molecule is C=C(/C=C\C(C)=C/C)CC.C=CC.CC(C)C(C)C.Cc1cc(C)cc(C)c1. The predicted molar refractivity (Wildman–Crippen MR) is 134 cm³/mol. The summed E-state index contributed by atoms with van der Waals surface area (Å²) in [5.41, 5.74) is 6.53. The Kier molecular flexibility index (Phi) is 22.0. The standard InChI is InChI=1S/C10H16.C9H12.C6H14.C3H6/c1-5-9(3)7-8-10(4)6-2;1-7-4-8(2)6-9(3)5-7;1-5(2)6(3)4;1-3-2/h6-8H,3,5H2,1-2,4H3;4-6H,1-3H3;5-6H,1-4H3;3H,1H2,2H3/b8-7-,10-6-;;;. The molecular weight excluding hydrogens is 336 g/mol. The quantitative estimate of drug-likeness (QED) is 0.358. The van der Waals surface area contributed by atoms with Crippen molar-refractivity contribution in [2.45, 2.75) is 82.6 Å². The van der Waals surface area contributed by atoms with E-state index in [1.54, 1.807) is 6.08 Å². The maximum atomic E-state index is 3.87. The highest BCUT2D eigenvalue weighted by molar-refractivity contribution is 5.27. The molecule has 0 aromatic heterocycles. The van der Waals surface area contributed by atoms with Crippen LogP contribution < -0.4 is 0 Å². The third kappa shape index (κ3) is 24.2. The first-order chi connectivity index (χ1) is 12.9. The molecule has 0 bridgehead atoms. The molecule has 0 saturated heterocycles. The van der Waals surface area contributed by atoms with Gasteiger partial charge in [0.05, 0.1) is 0 Å². The Morgan fingerprint density at radius 1 is 0.857 bits per heavy atom. The fourth-order valence-corrected chi connectivity index (χ4v) is 1.67. The average Bonchev–Trinajstić information content (AvgIpc) is 2.59. The molecule has 0 radical (unpaired) electrons. The molecule has 0 N–H and O–H groups in total. The lowest BCUT2D eigenvalue weighted by Crippen LogP contribution is -1.95. The monoisotopic (exact) mass is 384 g/mol. The molecule has 0 aliphatic rings. The second-order valence-corrected chi connectivity index (χ2v) is 7.94. The zero-order valence-electron chi connectivity index (χ0n) is 20.8. The molecule has 1 aromatic carbocycles. The Morgan fingerprint density at radius 3 is 1.39 bits per heavy atom. The molecule has 28 heavy (non-hydrogen) atoms. The van der Waals surface area contributed by atoms with E-state index in [0.717, 1.165) is 18.3 Å². The van der Waals surface area contributed by atoms with Crippen LogP contribution in [0.1, 0.15) is 78.5 Å². The van der Waals surface area contributed by atoms with Crippen LogP contribution in [0.15, 0.2) is 66.8 Å². The van der Waals surface area contributed by atoms with Crippen LogP contribution >= 0.6 is 0 Å². The summed E-state index contributed by atoms with van der Waals surface area (Å²) < 4.78 is 0. The Balaban J connectivity index is -0.000000320. The van der Waals surface area contributed by atoms with E-state index in [1.165, 1.54) is 27.8 Å². The molecule has 0 fully saturated rings. The molecule has 0 heteroatoms. The molecule has 0 unspecified atom stereocenters. The van der Waals surface area contributed by atoms with Gasteiger partial charge in [0, 0.05) is 0 Å². The topological polar surface area (TPSA) is 0 Å². The second-order valence-electron chi connectivity index (χ2n) is 7.94. The smallest absolute Gasteiger partial charge is 0.0313 e. The third-order valence-corrected chi connectivity index (χ3v) is 4.19. The van der Waals surface area contributed by atoms with Crippen LogP contribution in [0.3, 0.4) is 0 Å². The van der Waals surface area contributed by atoms with Crippen LogP contribution in [0.4, 0.5) is 0 Å². The van der Waals surface area contributed by atoms with Crippen LogP contribution in [0.2, 0.25) is 0 Å². The normalized spacial score (nSPS) is 10.4. The molecule has 0 saturated carbocycles. The molecule has 160 valence electrons. The number of allylic oxidation sites excluding steroid dienone is 6. The molecular formula is C28H48. The van der Waals surface area contributed by atoms with E-state index in [1.807, 2.05) is 13.8 Å². The lowest BCUT2D eigenvalue weighted by molar-refractivity contribution is 0.457. The van der Waals surface area contributed by atoms with E-state index >= 15 is 0 Å². The van der Waals surface area contributed by atoms with E-state index in [0.29, 0.717) is 0 Å². The summed E-state index contributed by atoms with van der Waals surface area (Å²) in [7, 11) is 0. The van der Waals surface area contributed by atoms with Crippen LogP contribution in [0.25, 0.3) is 0 Å². The average molecular weight is 385 g/mol. The minimum absolute atomic E-state index is 0.852. The van der Waals surface area contributed by atoms with Gasteiger partial charge in [0.15, 0.2) is 0 Å². The van der Waals surface area contributed by atoms with E-state index in [2.05, 4.69) is 112 Å². The minimum Gasteiger partial charge on any atom is -0.103 e. The molecule has 0 spiro atoms. The van der Waals surface area contributed by atoms with Crippen molar-refractivity contribution in [2.24, 2.45) is 11.8 Å². The molecule has 0 atom stereocenters. The Labute approximate surface area is 178 Å². The summed E-state index contributed by atoms with van der Waals surface area (Å²) in [5, 5.41) is 0. The third-order valence-electron chi connectivity index (χ3n) is 4.19. The molecule has 0 nitrogen and oxygen atoms in total. The minimum atomic E-state index is 0.852. The van der Waals surface area contributed by atoms with Crippen molar-refractivity contribution < 1.29 is 0 Å². The lowest BCUT2D eigenvalue weighted by Gasteiger charge is -2.05. The van der Waals surface area contributed by atoms with Gasteiger partial charge in [0.2, 0.25) is 0 Å². The Bertz CT molecular complexity index is 524. The van der Waals surface area contributed by atoms with E-state index in [-0.39, 0.29) is 0 Å². The Hall–Kier alpha value is -1.82. The van der Waals surface area contributed by atoms with E-state index in [4.69, 9.17) is 0 Å². The highest BCUT2D eigenvalue weighted by Crippen LogP contribution is 2.06. The van der Waals surface area contributed by atoms with Gasteiger partial charge in [0.25, 0.3) is 0 Å². The highest BCUT2D eigenvalue weighted by Gasteiger charge is 1.95. The maximum absolute atomic E-state index is 3.87. The van der Waals surface area contributed by atoms with E-state index < -0.39 is 0 Å². The molecule has 1 rings (SSSR count). The van der Waals surface area contributed by atoms with Crippen molar-refractivity contribution >= 4 is 0 Å². The van der Waals surface area contributed by atoms with Crippen molar-refractivity contribution in [3.05, 3.63) is 83.5 Å². The number of rotatable bonds is 4. The van der Waals surface area contributed by atoms with Gasteiger partial charge in [-0.15, -0.1) is 6.58 Å². The fraction of sp³-hybridized carbons (Fsp3) is 0.500. The van der Waals surface area contributed by atoms with E-state index in [9.17, 15) is 0 Å². The number of hydrogen-bond acceptors (Lipinski definition) is 0. The number of aryl methyl sites for hydroxylation is 3. The maximum Gasteiger partial charge on any atom is -0.0313 e. The van der Waals surface area contributed by atoms with Crippen LogP contribution in [-0.4, -0.2) is 0 Å². The molecule has 0 heterocycles. The van der Waals surface area contributed by atoms with Gasteiger partial charge in [0.1, 0.15) is 0 Å². The van der Waals surface area contributed by atoms with Gasteiger partial charge in [-0.25, -0.2) is 0 Å². The van der Waals surface area contributed by atoms with Crippen molar-refractivity contribution in [3.8, 4) is 0 Å². The van der Waals surface area contributed by atoms with Crippen LogP contribution in [0.5, 0.6) is 0 Å². The van der Waals surface area contributed by atoms with Gasteiger partial charge in [-0.05, 0) is 59.8 Å². The van der Waals surface area contributed by atoms with Gasteiger partial charge < -0.3 is 0 Å². The predicted octanol–water partition coefficient (Wildman–Crippen LogP) is 9.58. The largest absolute Gasteiger partial charge is 0.103 e. The summed E-state index contributed by atoms with van der Waals surface area (Å²) in [5.74, 6) is 1.70. The lowest BCUT2D eigenvalue weighted by atomic mass is 10.0. The molecule has 0 amide bonds. The summed E-state index contributed by atoms with van der Waals surface area (Å²) in [6.07, 6.45) is 9.02. The second kappa shape index (κ2) is 19.9. The van der Waals surface area contributed by atoms with Gasteiger partial charge >= 0.3 is 0 Å². The molecule has 0 aliphatic heterocycles. The summed E-state index contributed by atoms with van der Waals surface area (Å²) in [4.78, 5) is 0. The first-order valence-corrected chi connectivity index (χ1v) is 10.6. The van der Waals surface area contributed by atoms with Gasteiger partial charge in [-0.1, -0.05) is 112 Å². The Morgan fingerprint density at radius 2 is 1.18 bits per heavy atom. The first-order valence-electron chi connectivity index (χ1n) is 10.6. The van der Waals surface area contributed by atoms with Crippen molar-refractivity contribution in [1.29, 1.82) is 0 Å². The van der Waals surface area contributed by atoms with Crippen LogP contribution in [0, 0.1) is 32.6 Å². The summed E-state index contributed by atoms with van der Waals surface area (Å²) in [6.45, 7) is 30.7. The first kappa shape index (κ1) is 30.9. The van der Waals surface area contributed by atoms with Crippen molar-refractivity contribution in [3.63, 3.8) is 0 Å². The number of benzene rings is 1. The molecule has 0 aliphatic carbocycles. The van der Waals surface area contributed by atoms with Crippen LogP contribution in [-0.2, 0) is 0 Å². The van der Waals surface area contributed by atoms with Gasteiger partial charge in [-0.2, -0.15) is 0 Å². The molecule has 1 aromatic rings. The fourth-order valence-electron chi connectivity index (χ4n) is 1.67. The number of hydrogen-bond donors (Lipinski definition) is 0. The summed E-state index contributed by atoms with van der Waals surface area (Å²) >= 11 is 0.